The Kier molecular flexibility index (Phi) is 4.60. The van der Waals surface area contributed by atoms with Crippen molar-refractivity contribution in [1.82, 2.24) is 0 Å². The molecule has 1 aromatic rings. The number of benzene rings is 1. The summed E-state index contributed by atoms with van der Waals surface area (Å²) in [4.78, 5) is 10.6. The molecule has 5 nitrogen and oxygen atoms in total. The van der Waals surface area contributed by atoms with Crippen molar-refractivity contribution in [3.8, 4) is 5.75 Å². The van der Waals surface area contributed by atoms with Gasteiger partial charge in [-0.15, -0.1) is 0 Å². The summed E-state index contributed by atoms with van der Waals surface area (Å²) in [5.41, 5.74) is 0.874. The van der Waals surface area contributed by atoms with E-state index < -0.39 is 4.92 Å². The van der Waals surface area contributed by atoms with Gasteiger partial charge in [-0.3, -0.25) is 10.1 Å². The number of ether oxygens (including phenoxy) is 1. The molecule has 0 bridgehead atoms. The minimum atomic E-state index is -0.428. The van der Waals surface area contributed by atoms with E-state index in [-0.39, 0.29) is 23.5 Å². The third-order valence-electron chi connectivity index (χ3n) is 4.14. The number of nitro benzene ring substituents is 1. The quantitative estimate of drug-likeness (QED) is 0.679. The van der Waals surface area contributed by atoms with Gasteiger partial charge in [-0.1, -0.05) is 13.0 Å². The minimum absolute atomic E-state index is 0.0108. The molecule has 0 amide bonds. The molecule has 110 valence electrons. The van der Waals surface area contributed by atoms with Crippen molar-refractivity contribution in [3.05, 3.63) is 33.9 Å². The molecule has 5 heteroatoms. The first kappa shape index (κ1) is 14.8. The number of nitrogens with zero attached hydrogens (tertiary/aromatic N) is 1. The zero-order valence-electron chi connectivity index (χ0n) is 11.9. The van der Waals surface area contributed by atoms with Gasteiger partial charge in [0.05, 0.1) is 18.1 Å². The highest BCUT2D eigenvalue weighted by molar-refractivity contribution is 5.48. The van der Waals surface area contributed by atoms with Crippen molar-refractivity contribution >= 4 is 5.69 Å². The Hall–Kier alpha value is -1.62. The second kappa shape index (κ2) is 6.22. The first-order valence-corrected chi connectivity index (χ1v) is 7.00. The monoisotopic (exact) mass is 279 g/mol. The maximum absolute atomic E-state index is 11.0. The molecule has 1 aliphatic rings. The van der Waals surface area contributed by atoms with Gasteiger partial charge in [-0.2, -0.15) is 0 Å². The topological polar surface area (TPSA) is 72.6 Å². The van der Waals surface area contributed by atoms with E-state index in [0.29, 0.717) is 12.3 Å². The van der Waals surface area contributed by atoms with Crippen molar-refractivity contribution in [2.75, 3.05) is 7.11 Å². The normalized spacial score (nSPS) is 26.2. The SMILES string of the molecule is COc1ccc(CC2CC(C)CCC2O)cc1[N+](=O)[O-]. The van der Waals surface area contributed by atoms with Crippen molar-refractivity contribution in [3.63, 3.8) is 0 Å². The number of methoxy groups -OCH3 is 1. The van der Waals surface area contributed by atoms with Gasteiger partial charge in [0.2, 0.25) is 0 Å². The van der Waals surface area contributed by atoms with Crippen molar-refractivity contribution in [2.24, 2.45) is 11.8 Å². The molecule has 0 saturated heterocycles. The van der Waals surface area contributed by atoms with Crippen LogP contribution >= 0.6 is 0 Å². The van der Waals surface area contributed by atoms with Crippen LogP contribution in [-0.4, -0.2) is 23.2 Å². The van der Waals surface area contributed by atoms with Crippen LogP contribution in [0.1, 0.15) is 31.7 Å². The summed E-state index contributed by atoms with van der Waals surface area (Å²) < 4.78 is 5.00. The Labute approximate surface area is 118 Å². The Balaban J connectivity index is 2.16. The summed E-state index contributed by atoms with van der Waals surface area (Å²) in [6, 6.07) is 5.04. The van der Waals surface area contributed by atoms with Gasteiger partial charge in [0.25, 0.3) is 0 Å². The van der Waals surface area contributed by atoms with Crippen LogP contribution in [0.5, 0.6) is 5.75 Å². The molecule has 0 spiro atoms. The van der Waals surface area contributed by atoms with Gasteiger partial charge in [-0.25, -0.2) is 0 Å². The lowest BCUT2D eigenvalue weighted by molar-refractivity contribution is -0.385. The molecule has 1 N–H and O–H groups in total. The van der Waals surface area contributed by atoms with E-state index in [4.69, 9.17) is 4.74 Å². The van der Waals surface area contributed by atoms with E-state index >= 15 is 0 Å². The largest absolute Gasteiger partial charge is 0.490 e. The second-order valence-electron chi connectivity index (χ2n) is 5.71. The molecule has 0 heterocycles. The molecule has 1 aliphatic carbocycles. The van der Waals surface area contributed by atoms with E-state index in [1.54, 1.807) is 12.1 Å². The lowest BCUT2D eigenvalue weighted by Crippen LogP contribution is -2.29. The number of aliphatic hydroxyl groups is 1. The smallest absolute Gasteiger partial charge is 0.311 e. The Morgan fingerprint density at radius 1 is 1.45 bits per heavy atom. The van der Waals surface area contributed by atoms with Crippen molar-refractivity contribution in [1.29, 1.82) is 0 Å². The standard InChI is InChI=1S/C15H21NO4/c1-10-3-5-14(17)12(7-10)8-11-4-6-15(20-2)13(9-11)16(18)19/h4,6,9-10,12,14,17H,3,5,7-8H2,1-2H3. The Morgan fingerprint density at radius 2 is 2.20 bits per heavy atom. The summed E-state index contributed by atoms with van der Waals surface area (Å²) >= 11 is 0. The van der Waals surface area contributed by atoms with Gasteiger partial charge in [0.15, 0.2) is 5.75 Å². The summed E-state index contributed by atoms with van der Waals surface area (Å²) in [6.07, 6.45) is 3.23. The molecule has 3 unspecified atom stereocenters. The van der Waals surface area contributed by atoms with Gasteiger partial charge in [0, 0.05) is 6.07 Å². The highest BCUT2D eigenvalue weighted by Crippen LogP contribution is 2.33. The summed E-state index contributed by atoms with van der Waals surface area (Å²) in [6.45, 7) is 2.19. The molecule has 0 aromatic heterocycles. The average Bonchev–Trinajstić information content (AvgIpc) is 2.42. The maximum atomic E-state index is 11.0. The lowest BCUT2D eigenvalue weighted by atomic mass is 9.77. The molecule has 20 heavy (non-hydrogen) atoms. The van der Waals surface area contributed by atoms with E-state index in [1.807, 2.05) is 6.07 Å². The van der Waals surface area contributed by atoms with Gasteiger partial charge in [0.1, 0.15) is 0 Å². The van der Waals surface area contributed by atoms with Gasteiger partial charge >= 0.3 is 5.69 Å². The van der Waals surface area contributed by atoms with E-state index in [2.05, 4.69) is 6.92 Å². The molecule has 3 atom stereocenters. The zero-order chi connectivity index (χ0) is 14.7. The maximum Gasteiger partial charge on any atom is 0.311 e. The van der Waals surface area contributed by atoms with Crippen LogP contribution in [0.2, 0.25) is 0 Å². The third kappa shape index (κ3) is 3.28. The number of nitro groups is 1. The fourth-order valence-electron chi connectivity index (χ4n) is 3.01. The predicted molar refractivity (Wildman–Crippen MR) is 75.9 cm³/mol. The highest BCUT2D eigenvalue weighted by atomic mass is 16.6. The van der Waals surface area contributed by atoms with Crippen LogP contribution in [0.3, 0.4) is 0 Å². The fraction of sp³-hybridized carbons (Fsp3) is 0.600. The van der Waals surface area contributed by atoms with Crippen molar-refractivity contribution < 1.29 is 14.8 Å². The molecular formula is C15H21NO4. The summed E-state index contributed by atoms with van der Waals surface area (Å²) in [5.74, 6) is 1.07. The highest BCUT2D eigenvalue weighted by Gasteiger charge is 2.27. The molecule has 0 radical (unpaired) electrons. The van der Waals surface area contributed by atoms with E-state index in [0.717, 1.165) is 24.8 Å². The van der Waals surface area contributed by atoms with Crippen molar-refractivity contribution in [2.45, 2.75) is 38.7 Å². The van der Waals surface area contributed by atoms with Crippen LogP contribution in [0.4, 0.5) is 5.69 Å². The lowest BCUT2D eigenvalue weighted by Gasteiger charge is -2.31. The van der Waals surface area contributed by atoms with Crippen LogP contribution in [0, 0.1) is 22.0 Å². The van der Waals surface area contributed by atoms with Crippen LogP contribution in [-0.2, 0) is 6.42 Å². The Morgan fingerprint density at radius 3 is 2.85 bits per heavy atom. The zero-order valence-corrected chi connectivity index (χ0v) is 11.9. The first-order chi connectivity index (χ1) is 9.51. The molecular weight excluding hydrogens is 258 g/mol. The summed E-state index contributed by atoms with van der Waals surface area (Å²) in [5, 5.41) is 21.1. The number of hydrogen-bond donors (Lipinski definition) is 1. The second-order valence-corrected chi connectivity index (χ2v) is 5.71. The molecule has 1 saturated carbocycles. The summed E-state index contributed by atoms with van der Waals surface area (Å²) in [7, 11) is 1.43. The minimum Gasteiger partial charge on any atom is -0.490 e. The third-order valence-corrected chi connectivity index (χ3v) is 4.14. The van der Waals surface area contributed by atoms with Gasteiger partial charge in [-0.05, 0) is 49.1 Å². The van der Waals surface area contributed by atoms with Gasteiger partial charge < -0.3 is 9.84 Å². The average molecular weight is 279 g/mol. The van der Waals surface area contributed by atoms with Crippen LogP contribution in [0.15, 0.2) is 18.2 Å². The Bertz CT molecular complexity index is 489. The predicted octanol–water partition coefficient (Wildman–Crippen LogP) is 2.94. The van der Waals surface area contributed by atoms with E-state index in [9.17, 15) is 15.2 Å². The number of hydrogen-bond acceptors (Lipinski definition) is 4. The van der Waals surface area contributed by atoms with E-state index in [1.165, 1.54) is 7.11 Å². The molecule has 1 aromatic carbocycles. The van der Waals surface area contributed by atoms with Crippen LogP contribution in [0.25, 0.3) is 0 Å². The number of rotatable bonds is 4. The molecule has 1 fully saturated rings. The first-order valence-electron chi connectivity index (χ1n) is 7.00. The number of aliphatic hydroxyl groups excluding tert-OH is 1. The molecule has 2 rings (SSSR count). The fourth-order valence-corrected chi connectivity index (χ4v) is 3.01. The molecule has 0 aliphatic heterocycles. The van der Waals surface area contributed by atoms with Crippen LogP contribution < -0.4 is 4.74 Å².